The molecule has 0 aliphatic heterocycles. The number of nitrogens with two attached hydrogens (primary N) is 1. The van der Waals surface area contributed by atoms with Gasteiger partial charge in [-0.15, -0.1) is 0 Å². The fourth-order valence-corrected chi connectivity index (χ4v) is 2.15. The summed E-state index contributed by atoms with van der Waals surface area (Å²) in [5.41, 5.74) is 10.6. The molecule has 3 heteroatoms. The maximum atomic E-state index is 5.60. The van der Waals surface area contributed by atoms with Crippen LogP contribution >= 0.6 is 0 Å². The lowest BCUT2D eigenvalue weighted by Gasteiger charge is -2.19. The van der Waals surface area contributed by atoms with Crippen LogP contribution in [-0.4, -0.2) is 9.97 Å². The summed E-state index contributed by atoms with van der Waals surface area (Å²) in [5.74, 6) is 0.860. The van der Waals surface area contributed by atoms with Crippen LogP contribution in [0, 0.1) is 6.92 Å². The van der Waals surface area contributed by atoms with Gasteiger partial charge in [-0.3, -0.25) is 0 Å². The van der Waals surface area contributed by atoms with Crippen molar-refractivity contribution in [2.75, 3.05) is 0 Å². The van der Waals surface area contributed by atoms with Crippen LogP contribution in [0.2, 0.25) is 0 Å². The van der Waals surface area contributed by atoms with Crippen LogP contribution in [0.4, 0.5) is 0 Å². The summed E-state index contributed by atoms with van der Waals surface area (Å²) in [6, 6.07) is 8.80. The third-order valence-electron chi connectivity index (χ3n) is 3.42. The van der Waals surface area contributed by atoms with Crippen LogP contribution < -0.4 is 5.73 Å². The highest BCUT2D eigenvalue weighted by molar-refractivity contribution is 5.31. The number of rotatable bonds is 3. The van der Waals surface area contributed by atoms with Gasteiger partial charge in [-0.05, 0) is 23.5 Å². The molecule has 0 radical (unpaired) electrons. The molecule has 0 unspecified atom stereocenters. The van der Waals surface area contributed by atoms with Gasteiger partial charge in [-0.1, -0.05) is 45.0 Å². The van der Waals surface area contributed by atoms with Gasteiger partial charge in [0.05, 0.1) is 12.2 Å². The van der Waals surface area contributed by atoms with Gasteiger partial charge in [0, 0.05) is 12.1 Å². The van der Waals surface area contributed by atoms with E-state index in [-0.39, 0.29) is 5.41 Å². The van der Waals surface area contributed by atoms with E-state index in [1.165, 1.54) is 11.1 Å². The van der Waals surface area contributed by atoms with Crippen molar-refractivity contribution in [3.63, 3.8) is 0 Å². The van der Waals surface area contributed by atoms with Crippen LogP contribution in [0.25, 0.3) is 0 Å². The molecule has 1 aromatic heterocycles. The minimum atomic E-state index is 0.202. The van der Waals surface area contributed by atoms with Gasteiger partial charge < -0.3 is 10.7 Å². The summed E-state index contributed by atoms with van der Waals surface area (Å²) in [6.45, 7) is 9.20. The van der Waals surface area contributed by atoms with Crippen LogP contribution in [0.1, 0.15) is 49.1 Å². The van der Waals surface area contributed by atoms with Crippen molar-refractivity contribution in [1.82, 2.24) is 9.97 Å². The number of hydrogen-bond acceptors (Lipinski definition) is 2. The van der Waals surface area contributed by atoms with Gasteiger partial charge in [-0.2, -0.15) is 0 Å². The molecule has 3 nitrogen and oxygen atoms in total. The molecular formula is C16H23N3. The smallest absolute Gasteiger partial charge is 0.120 e. The highest BCUT2D eigenvalue weighted by Gasteiger charge is 2.13. The van der Waals surface area contributed by atoms with Crippen molar-refractivity contribution in [1.29, 1.82) is 0 Å². The third-order valence-corrected chi connectivity index (χ3v) is 3.42. The molecule has 1 heterocycles. The Balaban J connectivity index is 2.17. The molecule has 0 atom stereocenters. The van der Waals surface area contributed by atoms with E-state index in [2.05, 4.69) is 55.0 Å². The SMILES string of the molecule is Cc1[nH]c(CN)nc1Cc1ccc(C(C)(C)C)cc1. The zero-order valence-corrected chi connectivity index (χ0v) is 12.2. The minimum absolute atomic E-state index is 0.202. The van der Waals surface area contributed by atoms with Gasteiger partial charge in [0.25, 0.3) is 0 Å². The van der Waals surface area contributed by atoms with E-state index in [9.17, 15) is 0 Å². The molecule has 1 aromatic carbocycles. The second-order valence-corrected chi connectivity index (χ2v) is 6.08. The number of nitrogens with one attached hydrogen (secondary N) is 1. The number of imidazole rings is 1. The molecule has 0 amide bonds. The minimum Gasteiger partial charge on any atom is -0.345 e. The Hall–Kier alpha value is -1.61. The molecule has 0 aliphatic rings. The molecule has 0 fully saturated rings. The Bertz CT molecular complexity index is 544. The van der Waals surface area contributed by atoms with Gasteiger partial charge in [0.1, 0.15) is 5.82 Å². The van der Waals surface area contributed by atoms with Crippen molar-refractivity contribution >= 4 is 0 Å². The number of aromatic amines is 1. The first-order valence-corrected chi connectivity index (χ1v) is 6.74. The fourth-order valence-electron chi connectivity index (χ4n) is 2.15. The Labute approximate surface area is 115 Å². The number of aromatic nitrogens is 2. The van der Waals surface area contributed by atoms with Gasteiger partial charge >= 0.3 is 0 Å². The summed E-state index contributed by atoms with van der Waals surface area (Å²) in [5, 5.41) is 0. The average Bonchev–Trinajstić information content (AvgIpc) is 2.70. The van der Waals surface area contributed by atoms with Crippen LogP contribution in [0.5, 0.6) is 0 Å². The predicted octanol–water partition coefficient (Wildman–Crippen LogP) is 3.07. The summed E-state index contributed by atoms with van der Waals surface area (Å²) >= 11 is 0. The lowest BCUT2D eigenvalue weighted by molar-refractivity contribution is 0.590. The first-order valence-electron chi connectivity index (χ1n) is 6.74. The summed E-state index contributed by atoms with van der Waals surface area (Å²) in [4.78, 5) is 7.73. The highest BCUT2D eigenvalue weighted by Crippen LogP contribution is 2.23. The number of H-pyrrole nitrogens is 1. The fraction of sp³-hybridized carbons (Fsp3) is 0.438. The van der Waals surface area contributed by atoms with Crippen molar-refractivity contribution in [3.05, 3.63) is 52.6 Å². The van der Waals surface area contributed by atoms with Crippen LogP contribution in [0.15, 0.2) is 24.3 Å². The van der Waals surface area contributed by atoms with Gasteiger partial charge in [-0.25, -0.2) is 4.98 Å². The molecule has 19 heavy (non-hydrogen) atoms. The summed E-state index contributed by atoms with van der Waals surface area (Å²) < 4.78 is 0. The van der Waals surface area contributed by atoms with E-state index < -0.39 is 0 Å². The molecule has 0 spiro atoms. The monoisotopic (exact) mass is 257 g/mol. The molecule has 2 aromatic rings. The predicted molar refractivity (Wildman–Crippen MR) is 79.2 cm³/mol. The summed E-state index contributed by atoms with van der Waals surface area (Å²) in [7, 11) is 0. The molecular weight excluding hydrogens is 234 g/mol. The quantitative estimate of drug-likeness (QED) is 0.888. The largest absolute Gasteiger partial charge is 0.345 e. The highest BCUT2D eigenvalue weighted by atomic mass is 14.9. The normalized spacial score (nSPS) is 11.8. The summed E-state index contributed by atoms with van der Waals surface area (Å²) in [6.07, 6.45) is 0.854. The molecule has 102 valence electrons. The maximum Gasteiger partial charge on any atom is 0.120 e. The van der Waals surface area contributed by atoms with Crippen molar-refractivity contribution in [2.24, 2.45) is 5.73 Å². The number of hydrogen-bond donors (Lipinski definition) is 2. The third kappa shape index (κ3) is 3.24. The molecule has 0 bridgehead atoms. The zero-order valence-electron chi connectivity index (χ0n) is 12.2. The van der Waals surface area contributed by atoms with E-state index >= 15 is 0 Å². The first kappa shape index (κ1) is 13.8. The Kier molecular flexibility index (Phi) is 3.76. The van der Waals surface area contributed by atoms with Crippen molar-refractivity contribution in [3.8, 4) is 0 Å². The van der Waals surface area contributed by atoms with Gasteiger partial charge in [0.15, 0.2) is 0 Å². The Morgan fingerprint density at radius 3 is 2.26 bits per heavy atom. The van der Waals surface area contributed by atoms with E-state index in [0.717, 1.165) is 23.6 Å². The number of nitrogens with zero attached hydrogens (tertiary/aromatic N) is 1. The zero-order chi connectivity index (χ0) is 14.0. The lowest BCUT2D eigenvalue weighted by Crippen LogP contribution is -2.10. The van der Waals surface area contributed by atoms with E-state index in [1.807, 2.05) is 6.92 Å². The molecule has 3 N–H and O–H groups in total. The Morgan fingerprint density at radius 1 is 1.16 bits per heavy atom. The second kappa shape index (κ2) is 5.17. The molecule has 2 rings (SSSR count). The molecule has 0 saturated carbocycles. The second-order valence-electron chi connectivity index (χ2n) is 6.08. The number of benzene rings is 1. The first-order chi connectivity index (χ1) is 8.90. The van der Waals surface area contributed by atoms with Gasteiger partial charge in [0.2, 0.25) is 0 Å². The Morgan fingerprint density at radius 2 is 1.79 bits per heavy atom. The molecule has 0 aliphatic carbocycles. The average molecular weight is 257 g/mol. The number of aryl methyl sites for hydroxylation is 1. The topological polar surface area (TPSA) is 54.7 Å². The standard InChI is InChI=1S/C16H23N3/c1-11-14(19-15(10-17)18-11)9-12-5-7-13(8-6-12)16(2,3)4/h5-8H,9-10,17H2,1-4H3,(H,18,19). The van der Waals surface area contributed by atoms with Crippen LogP contribution in [-0.2, 0) is 18.4 Å². The van der Waals surface area contributed by atoms with Crippen LogP contribution in [0.3, 0.4) is 0 Å². The van der Waals surface area contributed by atoms with E-state index in [4.69, 9.17) is 5.73 Å². The van der Waals surface area contributed by atoms with Crippen molar-refractivity contribution < 1.29 is 0 Å². The molecule has 0 saturated heterocycles. The van der Waals surface area contributed by atoms with E-state index in [0.29, 0.717) is 6.54 Å². The maximum absolute atomic E-state index is 5.60. The van der Waals surface area contributed by atoms with Crippen molar-refractivity contribution in [2.45, 2.75) is 46.1 Å². The lowest BCUT2D eigenvalue weighted by atomic mass is 9.86. The van der Waals surface area contributed by atoms with E-state index in [1.54, 1.807) is 0 Å².